The zero-order valence-electron chi connectivity index (χ0n) is 16.8. The first-order chi connectivity index (χ1) is 15.7. The lowest BCUT2D eigenvalue weighted by Crippen LogP contribution is -2.55. The summed E-state index contributed by atoms with van der Waals surface area (Å²) in [4.78, 5) is 26.7. The molecule has 1 atom stereocenters. The van der Waals surface area contributed by atoms with E-state index >= 15 is 4.39 Å². The van der Waals surface area contributed by atoms with Gasteiger partial charge in [0.25, 0.3) is 0 Å². The third-order valence-corrected chi connectivity index (χ3v) is 5.99. The molecule has 4 rings (SSSR count). The van der Waals surface area contributed by atoms with Crippen molar-refractivity contribution in [1.29, 1.82) is 5.26 Å². The van der Waals surface area contributed by atoms with Crippen molar-refractivity contribution in [3.63, 3.8) is 0 Å². The predicted molar refractivity (Wildman–Crippen MR) is 118 cm³/mol. The fourth-order valence-corrected chi connectivity index (χ4v) is 4.29. The molecule has 13 heteroatoms. The number of nitriles is 1. The summed E-state index contributed by atoms with van der Waals surface area (Å²) in [6, 6.07) is 2.50. The fourth-order valence-electron chi connectivity index (χ4n) is 3.82. The lowest BCUT2D eigenvalue weighted by Gasteiger charge is -2.39. The minimum atomic E-state index is -1.13. The molecule has 3 aromatic rings. The number of amides is 1. The predicted octanol–water partition coefficient (Wildman–Crippen LogP) is 3.94. The van der Waals surface area contributed by atoms with Gasteiger partial charge in [-0.05, 0) is 6.07 Å². The van der Waals surface area contributed by atoms with E-state index in [1.807, 2.05) is 6.07 Å². The van der Waals surface area contributed by atoms with E-state index in [9.17, 15) is 14.3 Å². The Bertz CT molecular complexity index is 1290. The van der Waals surface area contributed by atoms with Gasteiger partial charge in [0.05, 0.1) is 45.2 Å². The molecule has 0 aliphatic carbocycles. The average Bonchev–Trinajstić information content (AvgIpc) is 2.79. The molecule has 1 amide bonds. The third kappa shape index (κ3) is 3.92. The van der Waals surface area contributed by atoms with Crippen LogP contribution in [0.5, 0.6) is 0 Å². The number of rotatable bonds is 3. The molecule has 0 radical (unpaired) electrons. The molecule has 170 valence electrons. The van der Waals surface area contributed by atoms with Crippen molar-refractivity contribution in [2.45, 2.75) is 12.5 Å². The molecule has 2 aromatic heterocycles. The highest BCUT2D eigenvalue weighted by atomic mass is 35.5. The summed E-state index contributed by atoms with van der Waals surface area (Å²) in [5, 5.41) is 18.3. The first-order valence-corrected chi connectivity index (χ1v) is 10.3. The smallest absolute Gasteiger partial charge is 0.407 e. The van der Waals surface area contributed by atoms with Gasteiger partial charge in [0.2, 0.25) is 0 Å². The van der Waals surface area contributed by atoms with Crippen LogP contribution >= 0.6 is 23.2 Å². The molecule has 3 heterocycles. The molecule has 1 aromatic carbocycles. The molecule has 0 unspecified atom stereocenters. The number of carbonyl (C=O) groups is 1. The van der Waals surface area contributed by atoms with Crippen LogP contribution in [-0.2, 0) is 0 Å². The van der Waals surface area contributed by atoms with E-state index in [1.165, 1.54) is 11.1 Å². The van der Waals surface area contributed by atoms with Crippen molar-refractivity contribution in [2.75, 3.05) is 30.3 Å². The van der Waals surface area contributed by atoms with Crippen LogP contribution in [0.2, 0.25) is 10.0 Å². The van der Waals surface area contributed by atoms with Crippen molar-refractivity contribution in [2.24, 2.45) is 0 Å². The van der Waals surface area contributed by atoms with Gasteiger partial charge in [-0.3, -0.25) is 4.98 Å². The number of benzene rings is 1. The van der Waals surface area contributed by atoms with E-state index in [0.717, 1.165) is 12.4 Å². The second-order valence-electron chi connectivity index (χ2n) is 7.26. The minimum Gasteiger partial charge on any atom is -0.465 e. The Labute approximate surface area is 196 Å². The molecule has 33 heavy (non-hydrogen) atoms. The Hall–Kier alpha value is -3.49. The van der Waals surface area contributed by atoms with Gasteiger partial charge in [0.1, 0.15) is 23.4 Å². The molecule has 3 N–H and O–H groups in total. The highest BCUT2D eigenvalue weighted by Crippen LogP contribution is 2.40. The lowest BCUT2D eigenvalue weighted by molar-refractivity contribution is 0.119. The molecule has 1 aliphatic heterocycles. The van der Waals surface area contributed by atoms with E-state index in [2.05, 4.69) is 15.0 Å². The highest BCUT2D eigenvalue weighted by molar-refractivity contribution is 6.37. The quantitative estimate of drug-likeness (QED) is 0.414. The number of anilines is 2. The van der Waals surface area contributed by atoms with Gasteiger partial charge >= 0.3 is 6.09 Å². The van der Waals surface area contributed by atoms with E-state index < -0.39 is 29.5 Å². The zero-order chi connectivity index (χ0) is 23.9. The maximum Gasteiger partial charge on any atom is 0.407 e. The van der Waals surface area contributed by atoms with Crippen LogP contribution < -0.4 is 10.6 Å². The number of nitrogen functional groups attached to an aromatic ring is 1. The normalized spacial score (nSPS) is 16.2. The summed E-state index contributed by atoms with van der Waals surface area (Å²) in [5.74, 6) is -1.61. The van der Waals surface area contributed by atoms with E-state index in [1.54, 1.807) is 4.90 Å². The van der Waals surface area contributed by atoms with E-state index in [4.69, 9.17) is 34.2 Å². The molecule has 9 nitrogen and oxygen atoms in total. The monoisotopic (exact) mass is 493 g/mol. The molecule has 0 bridgehead atoms. The summed E-state index contributed by atoms with van der Waals surface area (Å²) in [7, 11) is 0. The Kier molecular flexibility index (Phi) is 6.05. The summed E-state index contributed by atoms with van der Waals surface area (Å²) >= 11 is 11.8. The Morgan fingerprint density at radius 3 is 2.70 bits per heavy atom. The maximum absolute atomic E-state index is 15.5. The maximum atomic E-state index is 15.5. The summed E-state index contributed by atoms with van der Waals surface area (Å²) in [6.45, 7) is 0.555. The van der Waals surface area contributed by atoms with Gasteiger partial charge in [0, 0.05) is 25.8 Å². The minimum absolute atomic E-state index is 0.0172. The summed E-state index contributed by atoms with van der Waals surface area (Å²) in [5.41, 5.74) is 4.72. The molecular weight excluding hydrogens is 479 g/mol. The van der Waals surface area contributed by atoms with Crippen LogP contribution in [0, 0.1) is 23.0 Å². The van der Waals surface area contributed by atoms with Crippen molar-refractivity contribution in [3.05, 3.63) is 40.3 Å². The van der Waals surface area contributed by atoms with Crippen molar-refractivity contribution >= 4 is 51.7 Å². The number of nitrogens with zero attached hydrogens (tertiary/aromatic N) is 6. The van der Waals surface area contributed by atoms with Gasteiger partial charge < -0.3 is 20.6 Å². The molecular formula is C20H15Cl2F2N7O2. The number of fused-ring (bicyclic) bond motifs is 1. The number of hydrogen-bond acceptors (Lipinski definition) is 7. The van der Waals surface area contributed by atoms with Crippen LogP contribution in [-0.4, -0.2) is 56.7 Å². The third-order valence-electron chi connectivity index (χ3n) is 5.40. The van der Waals surface area contributed by atoms with Crippen molar-refractivity contribution < 1.29 is 18.7 Å². The number of piperazine rings is 1. The van der Waals surface area contributed by atoms with Gasteiger partial charge in [-0.2, -0.15) is 5.26 Å². The second-order valence-corrected chi connectivity index (χ2v) is 8.08. The number of hydrogen-bond donors (Lipinski definition) is 2. The zero-order valence-corrected chi connectivity index (χ0v) is 18.3. The van der Waals surface area contributed by atoms with Gasteiger partial charge in [-0.15, -0.1) is 0 Å². The number of aromatic nitrogens is 3. The van der Waals surface area contributed by atoms with Gasteiger partial charge in [-0.1, -0.05) is 23.2 Å². The highest BCUT2D eigenvalue weighted by Gasteiger charge is 2.32. The standard InChI is InChI=1S/C20H15Cl2F2N7O2/c21-11-5-12(22)16(26)13(14(11)23)18-15(24)17-10(6-27-18)19(29-8-28-17)30-3-4-31(20(32)33)9(7-30)1-2-25/h5-6,8-9H,1,3-4,7,26H2,(H,32,33)/t9-/m0/s1. The summed E-state index contributed by atoms with van der Waals surface area (Å²) < 4.78 is 30.2. The number of pyridine rings is 1. The van der Waals surface area contributed by atoms with Crippen molar-refractivity contribution in [3.8, 4) is 17.3 Å². The summed E-state index contributed by atoms with van der Waals surface area (Å²) in [6.07, 6.45) is 1.27. The first kappa shape index (κ1) is 22.7. The number of nitrogens with two attached hydrogens (primary N) is 1. The Morgan fingerprint density at radius 2 is 2.00 bits per heavy atom. The van der Waals surface area contributed by atoms with E-state index in [-0.39, 0.29) is 58.3 Å². The molecule has 1 saturated heterocycles. The average molecular weight is 494 g/mol. The van der Waals surface area contributed by atoms with Crippen LogP contribution in [0.3, 0.4) is 0 Å². The van der Waals surface area contributed by atoms with Crippen LogP contribution in [0.15, 0.2) is 18.6 Å². The molecule has 0 saturated carbocycles. The fraction of sp³-hybridized carbons (Fsp3) is 0.250. The molecule has 1 aliphatic rings. The number of carboxylic acid groups (broad SMARTS) is 1. The van der Waals surface area contributed by atoms with Crippen LogP contribution in [0.4, 0.5) is 25.1 Å². The lowest BCUT2D eigenvalue weighted by atomic mass is 10.1. The second kappa shape index (κ2) is 8.80. The first-order valence-electron chi connectivity index (χ1n) is 9.58. The number of halogens is 4. The molecule has 0 spiro atoms. The van der Waals surface area contributed by atoms with Crippen molar-refractivity contribution in [1.82, 2.24) is 19.9 Å². The van der Waals surface area contributed by atoms with Gasteiger partial charge in [-0.25, -0.2) is 23.5 Å². The SMILES string of the molecule is N#CC[C@H]1CN(c2ncnc3c(F)c(-c4c(N)c(Cl)cc(Cl)c4F)ncc23)CCN1C(=O)O. The largest absolute Gasteiger partial charge is 0.465 e. The Morgan fingerprint density at radius 1 is 1.24 bits per heavy atom. The van der Waals surface area contributed by atoms with Gasteiger partial charge in [0.15, 0.2) is 11.6 Å². The van der Waals surface area contributed by atoms with Crippen LogP contribution in [0.1, 0.15) is 6.42 Å². The Balaban J connectivity index is 1.80. The van der Waals surface area contributed by atoms with Crippen LogP contribution in [0.25, 0.3) is 22.2 Å². The molecule has 1 fully saturated rings. The van der Waals surface area contributed by atoms with E-state index in [0.29, 0.717) is 5.82 Å². The topological polar surface area (TPSA) is 132 Å².